The number of aromatic nitrogens is 2. The molecule has 0 saturated carbocycles. The monoisotopic (exact) mass is 328 g/mol. The zero-order valence-electron chi connectivity index (χ0n) is 14.5. The van der Waals surface area contributed by atoms with Crippen molar-refractivity contribution in [1.82, 2.24) is 19.9 Å². The van der Waals surface area contributed by atoms with Gasteiger partial charge in [0.15, 0.2) is 5.82 Å². The van der Waals surface area contributed by atoms with Crippen LogP contribution in [0.4, 0.5) is 0 Å². The van der Waals surface area contributed by atoms with Crippen LogP contribution in [0.15, 0.2) is 28.8 Å². The van der Waals surface area contributed by atoms with Gasteiger partial charge in [-0.1, -0.05) is 36.7 Å². The Labute approximate surface area is 142 Å². The molecule has 1 aliphatic rings. The van der Waals surface area contributed by atoms with Crippen LogP contribution in [0.5, 0.6) is 0 Å². The van der Waals surface area contributed by atoms with Crippen LogP contribution in [0.25, 0.3) is 11.5 Å². The van der Waals surface area contributed by atoms with Gasteiger partial charge in [0.25, 0.3) is 5.89 Å². The highest BCUT2D eigenvalue weighted by Gasteiger charge is 2.23. The van der Waals surface area contributed by atoms with Crippen LogP contribution < -0.4 is 0 Å². The number of nitrogens with zero attached hydrogens (tertiary/aromatic N) is 4. The van der Waals surface area contributed by atoms with Gasteiger partial charge in [-0.05, 0) is 19.1 Å². The lowest BCUT2D eigenvalue weighted by molar-refractivity contribution is -0.136. The second-order valence-electron chi connectivity index (χ2n) is 6.64. The van der Waals surface area contributed by atoms with Crippen molar-refractivity contribution in [2.75, 3.05) is 26.2 Å². The molecule has 128 valence electrons. The van der Waals surface area contributed by atoms with Crippen molar-refractivity contribution >= 4 is 5.91 Å². The molecule has 3 rings (SSSR count). The predicted octanol–water partition coefficient (Wildman–Crippen LogP) is 2.35. The summed E-state index contributed by atoms with van der Waals surface area (Å²) >= 11 is 0. The van der Waals surface area contributed by atoms with Crippen molar-refractivity contribution in [3.8, 4) is 11.5 Å². The molecule has 0 bridgehead atoms. The van der Waals surface area contributed by atoms with Gasteiger partial charge in [0.05, 0.1) is 6.54 Å². The smallest absolute Gasteiger partial charge is 0.257 e. The van der Waals surface area contributed by atoms with Gasteiger partial charge in [-0.25, -0.2) is 0 Å². The Bertz CT molecular complexity index is 685. The lowest BCUT2D eigenvalue weighted by Crippen LogP contribution is -2.49. The van der Waals surface area contributed by atoms with Crippen molar-refractivity contribution in [3.05, 3.63) is 35.7 Å². The number of carbonyl (C=O) groups is 1. The molecule has 1 fully saturated rings. The van der Waals surface area contributed by atoms with Crippen molar-refractivity contribution in [1.29, 1.82) is 0 Å². The number of hydrogen-bond acceptors (Lipinski definition) is 5. The van der Waals surface area contributed by atoms with Gasteiger partial charge in [0, 0.05) is 37.7 Å². The number of hydrogen-bond donors (Lipinski definition) is 0. The molecule has 2 aromatic rings. The van der Waals surface area contributed by atoms with Crippen LogP contribution in [0.2, 0.25) is 0 Å². The molecule has 1 aromatic heterocycles. The number of piperazine rings is 1. The number of carbonyl (C=O) groups excluding carboxylic acids is 1. The van der Waals surface area contributed by atoms with Crippen LogP contribution in [0.1, 0.15) is 25.2 Å². The Hall–Kier alpha value is -2.21. The molecule has 1 aromatic carbocycles. The molecule has 0 aliphatic carbocycles. The average Bonchev–Trinajstić information content (AvgIpc) is 3.04. The maximum absolute atomic E-state index is 12.0. The highest BCUT2D eigenvalue weighted by molar-refractivity contribution is 5.78. The van der Waals surface area contributed by atoms with E-state index < -0.39 is 0 Å². The molecule has 24 heavy (non-hydrogen) atoms. The molecule has 0 spiro atoms. The van der Waals surface area contributed by atoms with E-state index in [0.717, 1.165) is 31.7 Å². The Morgan fingerprint density at radius 1 is 1.17 bits per heavy atom. The van der Waals surface area contributed by atoms with E-state index in [1.165, 1.54) is 5.56 Å². The van der Waals surface area contributed by atoms with Crippen LogP contribution in [-0.4, -0.2) is 52.0 Å². The maximum atomic E-state index is 12.0. The van der Waals surface area contributed by atoms with E-state index in [-0.39, 0.29) is 11.8 Å². The Morgan fingerprint density at radius 3 is 2.46 bits per heavy atom. The first-order valence-corrected chi connectivity index (χ1v) is 8.43. The van der Waals surface area contributed by atoms with Crippen molar-refractivity contribution < 1.29 is 9.32 Å². The topological polar surface area (TPSA) is 62.5 Å². The van der Waals surface area contributed by atoms with E-state index >= 15 is 0 Å². The third-order valence-corrected chi connectivity index (χ3v) is 4.31. The lowest BCUT2D eigenvalue weighted by atomic mass is 10.1. The summed E-state index contributed by atoms with van der Waals surface area (Å²) in [5.74, 6) is 1.54. The minimum Gasteiger partial charge on any atom is -0.340 e. The van der Waals surface area contributed by atoms with Crippen molar-refractivity contribution in [2.24, 2.45) is 5.92 Å². The van der Waals surface area contributed by atoms with Gasteiger partial charge in [0.1, 0.15) is 0 Å². The average molecular weight is 328 g/mol. The molecule has 6 heteroatoms. The highest BCUT2D eigenvalue weighted by atomic mass is 16.5. The number of amides is 1. The molecule has 1 amide bonds. The molecule has 0 radical (unpaired) electrons. The summed E-state index contributed by atoms with van der Waals surface area (Å²) in [6.45, 7) is 9.80. The lowest BCUT2D eigenvalue weighted by Gasteiger charge is -2.34. The maximum Gasteiger partial charge on any atom is 0.257 e. The Kier molecular flexibility index (Phi) is 4.94. The third kappa shape index (κ3) is 3.82. The van der Waals surface area contributed by atoms with Crippen LogP contribution >= 0.6 is 0 Å². The summed E-state index contributed by atoms with van der Waals surface area (Å²) in [7, 11) is 0. The molecule has 1 aliphatic heterocycles. The van der Waals surface area contributed by atoms with Crippen LogP contribution in [-0.2, 0) is 11.3 Å². The third-order valence-electron chi connectivity index (χ3n) is 4.31. The van der Waals surface area contributed by atoms with Gasteiger partial charge >= 0.3 is 0 Å². The number of benzene rings is 1. The summed E-state index contributed by atoms with van der Waals surface area (Å²) in [6.07, 6.45) is 0. The minimum atomic E-state index is 0.0609. The molecule has 0 unspecified atom stereocenters. The first-order valence-electron chi connectivity index (χ1n) is 8.43. The van der Waals surface area contributed by atoms with Gasteiger partial charge < -0.3 is 9.42 Å². The fourth-order valence-electron chi connectivity index (χ4n) is 2.82. The molecule has 1 saturated heterocycles. The first-order chi connectivity index (χ1) is 11.5. The van der Waals surface area contributed by atoms with Gasteiger partial charge in [-0.2, -0.15) is 4.98 Å². The summed E-state index contributed by atoms with van der Waals surface area (Å²) in [5, 5.41) is 4.08. The molecule has 0 N–H and O–H groups in total. The van der Waals surface area contributed by atoms with E-state index in [1.807, 2.05) is 49.9 Å². The predicted molar refractivity (Wildman–Crippen MR) is 91.2 cm³/mol. The normalized spacial score (nSPS) is 15.9. The minimum absolute atomic E-state index is 0.0609. The van der Waals surface area contributed by atoms with E-state index in [9.17, 15) is 4.79 Å². The van der Waals surface area contributed by atoms with Gasteiger partial charge in [-0.15, -0.1) is 0 Å². The van der Waals surface area contributed by atoms with Crippen molar-refractivity contribution in [3.63, 3.8) is 0 Å². The van der Waals surface area contributed by atoms with Gasteiger partial charge in [-0.3, -0.25) is 9.69 Å². The second kappa shape index (κ2) is 7.13. The summed E-state index contributed by atoms with van der Waals surface area (Å²) in [6, 6.07) is 8.04. The molecular weight excluding hydrogens is 304 g/mol. The van der Waals surface area contributed by atoms with Crippen LogP contribution in [0.3, 0.4) is 0 Å². The van der Waals surface area contributed by atoms with Crippen molar-refractivity contribution in [2.45, 2.75) is 27.3 Å². The summed E-state index contributed by atoms with van der Waals surface area (Å²) < 4.78 is 5.37. The highest BCUT2D eigenvalue weighted by Crippen LogP contribution is 2.18. The van der Waals surface area contributed by atoms with Gasteiger partial charge in [0.2, 0.25) is 5.91 Å². The standard InChI is InChI=1S/C18H24N4O2/c1-13(2)18(23)22-10-8-21(9-11-22)12-16-19-17(24-20-16)15-6-4-14(3)5-7-15/h4-7,13H,8-12H2,1-3H3. The number of aryl methyl sites for hydroxylation is 1. The fourth-order valence-corrected chi connectivity index (χ4v) is 2.82. The Balaban J connectivity index is 1.56. The zero-order chi connectivity index (χ0) is 17.1. The second-order valence-corrected chi connectivity index (χ2v) is 6.64. The summed E-state index contributed by atoms with van der Waals surface area (Å²) in [4.78, 5) is 20.7. The summed E-state index contributed by atoms with van der Waals surface area (Å²) in [5.41, 5.74) is 2.14. The number of rotatable bonds is 4. The molecule has 0 atom stereocenters. The van der Waals surface area contributed by atoms with E-state index in [4.69, 9.17) is 4.52 Å². The Morgan fingerprint density at radius 2 is 1.83 bits per heavy atom. The quantitative estimate of drug-likeness (QED) is 0.862. The van der Waals surface area contributed by atoms with Crippen LogP contribution in [0, 0.1) is 12.8 Å². The fraction of sp³-hybridized carbons (Fsp3) is 0.500. The molecule has 2 heterocycles. The van der Waals surface area contributed by atoms with E-state index in [1.54, 1.807) is 0 Å². The molecule has 6 nitrogen and oxygen atoms in total. The zero-order valence-corrected chi connectivity index (χ0v) is 14.5. The SMILES string of the molecule is Cc1ccc(-c2nc(CN3CCN(C(=O)C(C)C)CC3)no2)cc1. The van der Waals surface area contributed by atoms with E-state index in [2.05, 4.69) is 15.0 Å². The van der Waals surface area contributed by atoms with E-state index in [0.29, 0.717) is 18.3 Å². The largest absolute Gasteiger partial charge is 0.340 e. The molecular formula is C18H24N4O2. The first kappa shape index (κ1) is 16.6.